The van der Waals surface area contributed by atoms with E-state index in [2.05, 4.69) is 10.5 Å². The average molecular weight is 568 g/mol. The van der Waals surface area contributed by atoms with Crippen LogP contribution in [0.5, 0.6) is 5.75 Å². The van der Waals surface area contributed by atoms with E-state index in [-0.39, 0.29) is 15.6 Å². The Kier molecular flexibility index (Phi) is 9.02. The summed E-state index contributed by atoms with van der Waals surface area (Å²) in [7, 11) is -4.07. The van der Waals surface area contributed by atoms with Crippen LogP contribution in [0.1, 0.15) is 11.1 Å². The predicted octanol–water partition coefficient (Wildman–Crippen LogP) is 5.92. The molecular weight excluding hydrogens is 545 g/mol. The molecule has 0 aliphatic carbocycles. The molecule has 0 aliphatic heterocycles. The van der Waals surface area contributed by atoms with E-state index >= 15 is 0 Å². The van der Waals surface area contributed by atoms with Crippen molar-refractivity contribution >= 4 is 51.0 Å². The molecule has 4 aromatic rings. The fourth-order valence-corrected chi connectivity index (χ4v) is 5.42. The second kappa shape index (κ2) is 12.6. The highest BCUT2D eigenvalue weighted by molar-refractivity contribution is 7.92. The fraction of sp³-hybridized carbons (Fsp3) is 0.0714. The van der Waals surface area contributed by atoms with Crippen LogP contribution in [0.25, 0.3) is 0 Å². The Morgan fingerprint density at radius 1 is 0.895 bits per heavy atom. The van der Waals surface area contributed by atoms with Crippen LogP contribution in [0.2, 0.25) is 10.0 Å². The molecule has 4 rings (SSSR count). The van der Waals surface area contributed by atoms with Gasteiger partial charge in [-0.25, -0.2) is 13.8 Å². The molecule has 0 heterocycles. The molecule has 10 heteroatoms. The average Bonchev–Trinajstić information content (AvgIpc) is 2.92. The van der Waals surface area contributed by atoms with Crippen LogP contribution in [0.3, 0.4) is 0 Å². The molecule has 0 saturated carbocycles. The number of sulfonamides is 1. The van der Waals surface area contributed by atoms with Gasteiger partial charge in [0.15, 0.2) is 0 Å². The number of rotatable bonds is 10. The standard InChI is InChI=1S/C28H23Cl2N3O4S/c29-23-8-6-7-22(17-23)20-37-24-15-13-21(14-16-24)18-31-32-28(34)19-33(27-12-5-4-11-26(27)30)38(35,36)25-9-2-1-3-10-25/h1-18H,19-20H2,(H,32,34)/b31-18-. The van der Waals surface area contributed by atoms with E-state index in [0.29, 0.717) is 22.9 Å². The van der Waals surface area contributed by atoms with Gasteiger partial charge in [-0.2, -0.15) is 5.10 Å². The van der Waals surface area contributed by atoms with Crippen molar-refractivity contribution in [3.05, 3.63) is 124 Å². The Morgan fingerprint density at radius 2 is 1.61 bits per heavy atom. The third kappa shape index (κ3) is 7.13. The predicted molar refractivity (Wildman–Crippen MR) is 150 cm³/mol. The largest absolute Gasteiger partial charge is 0.489 e. The molecule has 0 aliphatic rings. The molecular formula is C28H23Cl2N3O4S. The van der Waals surface area contributed by atoms with Crippen molar-refractivity contribution in [1.29, 1.82) is 0 Å². The van der Waals surface area contributed by atoms with E-state index in [0.717, 1.165) is 9.87 Å². The number of hydrogen-bond donors (Lipinski definition) is 1. The molecule has 0 saturated heterocycles. The van der Waals surface area contributed by atoms with Crippen LogP contribution >= 0.6 is 23.2 Å². The van der Waals surface area contributed by atoms with Crippen molar-refractivity contribution in [3.8, 4) is 5.75 Å². The van der Waals surface area contributed by atoms with Crippen LogP contribution in [-0.2, 0) is 21.4 Å². The van der Waals surface area contributed by atoms with Gasteiger partial charge in [-0.15, -0.1) is 0 Å². The zero-order valence-corrected chi connectivity index (χ0v) is 22.3. The number of halogens is 2. The van der Waals surface area contributed by atoms with E-state index < -0.39 is 22.5 Å². The fourth-order valence-electron chi connectivity index (χ4n) is 3.46. The Balaban J connectivity index is 1.40. The number of carbonyl (C=O) groups excluding carboxylic acids is 1. The molecule has 0 unspecified atom stereocenters. The highest BCUT2D eigenvalue weighted by Crippen LogP contribution is 2.30. The maximum absolute atomic E-state index is 13.3. The molecule has 0 bridgehead atoms. The summed E-state index contributed by atoms with van der Waals surface area (Å²) in [5, 5.41) is 4.80. The minimum absolute atomic E-state index is 0.0360. The topological polar surface area (TPSA) is 88.1 Å². The van der Waals surface area contributed by atoms with Crippen LogP contribution in [0.4, 0.5) is 5.69 Å². The summed E-state index contributed by atoms with van der Waals surface area (Å²) in [5.41, 5.74) is 4.22. The molecule has 0 spiro atoms. The Hall–Kier alpha value is -3.85. The lowest BCUT2D eigenvalue weighted by atomic mass is 10.2. The lowest BCUT2D eigenvalue weighted by molar-refractivity contribution is -0.119. The van der Waals surface area contributed by atoms with E-state index in [9.17, 15) is 13.2 Å². The SMILES string of the molecule is O=C(CN(c1ccccc1Cl)S(=O)(=O)c1ccccc1)N/N=C\c1ccc(OCc2cccc(Cl)c2)cc1. The van der Waals surface area contributed by atoms with Crippen molar-refractivity contribution in [1.82, 2.24) is 5.43 Å². The van der Waals surface area contributed by atoms with E-state index in [1.54, 1.807) is 66.7 Å². The maximum atomic E-state index is 13.3. The quantitative estimate of drug-likeness (QED) is 0.190. The maximum Gasteiger partial charge on any atom is 0.264 e. The van der Waals surface area contributed by atoms with Gasteiger partial charge in [0.1, 0.15) is 18.9 Å². The Labute approximate surface area is 231 Å². The number of ether oxygens (including phenoxy) is 1. The van der Waals surface area contributed by atoms with Gasteiger partial charge < -0.3 is 4.74 Å². The first kappa shape index (κ1) is 27.2. The van der Waals surface area contributed by atoms with Gasteiger partial charge in [0.2, 0.25) is 0 Å². The van der Waals surface area contributed by atoms with E-state index in [1.807, 2.05) is 18.2 Å². The minimum atomic E-state index is -4.07. The van der Waals surface area contributed by atoms with Gasteiger partial charge in [0.25, 0.3) is 15.9 Å². The number of benzene rings is 4. The molecule has 194 valence electrons. The van der Waals surface area contributed by atoms with Crippen molar-refractivity contribution < 1.29 is 17.9 Å². The molecule has 4 aromatic carbocycles. The molecule has 1 N–H and O–H groups in total. The van der Waals surface area contributed by atoms with Gasteiger partial charge in [-0.3, -0.25) is 9.10 Å². The molecule has 1 amide bonds. The van der Waals surface area contributed by atoms with Gasteiger partial charge >= 0.3 is 0 Å². The number of hydrogen-bond acceptors (Lipinski definition) is 5. The highest BCUT2D eigenvalue weighted by Gasteiger charge is 2.28. The van der Waals surface area contributed by atoms with Crippen LogP contribution in [-0.4, -0.2) is 27.1 Å². The molecule has 0 atom stereocenters. The summed E-state index contributed by atoms with van der Waals surface area (Å²) in [4.78, 5) is 12.7. The summed E-state index contributed by atoms with van der Waals surface area (Å²) >= 11 is 12.3. The van der Waals surface area contributed by atoms with E-state index in [1.165, 1.54) is 24.4 Å². The number of amides is 1. The van der Waals surface area contributed by atoms with Gasteiger partial charge in [0.05, 0.1) is 21.8 Å². The Morgan fingerprint density at radius 3 is 2.32 bits per heavy atom. The molecule has 7 nitrogen and oxygen atoms in total. The molecule has 38 heavy (non-hydrogen) atoms. The normalized spacial score (nSPS) is 11.3. The molecule has 0 fully saturated rings. The van der Waals surface area contributed by atoms with Gasteiger partial charge in [-0.1, -0.05) is 65.7 Å². The second-order valence-electron chi connectivity index (χ2n) is 8.06. The number of hydrazone groups is 1. The smallest absolute Gasteiger partial charge is 0.264 e. The lowest BCUT2D eigenvalue weighted by Crippen LogP contribution is -2.39. The zero-order valence-electron chi connectivity index (χ0n) is 20.0. The summed E-state index contributed by atoms with van der Waals surface area (Å²) in [6, 6.07) is 28.8. The first-order valence-corrected chi connectivity index (χ1v) is 13.6. The summed E-state index contributed by atoms with van der Waals surface area (Å²) in [6.07, 6.45) is 1.45. The monoisotopic (exact) mass is 567 g/mol. The number of anilines is 1. The molecule has 0 radical (unpaired) electrons. The highest BCUT2D eigenvalue weighted by atomic mass is 35.5. The number of carbonyl (C=O) groups is 1. The third-order valence-electron chi connectivity index (χ3n) is 5.32. The first-order chi connectivity index (χ1) is 18.3. The van der Waals surface area contributed by atoms with E-state index in [4.69, 9.17) is 27.9 Å². The summed E-state index contributed by atoms with van der Waals surface area (Å²) in [5.74, 6) is 0.0230. The lowest BCUT2D eigenvalue weighted by Gasteiger charge is -2.24. The van der Waals surface area contributed by atoms with Gasteiger partial charge in [0, 0.05) is 5.02 Å². The van der Waals surface area contributed by atoms with Crippen molar-refractivity contribution in [2.45, 2.75) is 11.5 Å². The van der Waals surface area contributed by atoms with Crippen molar-refractivity contribution in [3.63, 3.8) is 0 Å². The number of nitrogens with one attached hydrogen (secondary N) is 1. The Bertz CT molecular complexity index is 1530. The number of nitrogens with zero attached hydrogens (tertiary/aromatic N) is 2. The first-order valence-electron chi connectivity index (χ1n) is 11.4. The second-order valence-corrected chi connectivity index (χ2v) is 10.8. The zero-order chi connectivity index (χ0) is 27.0. The van der Waals surface area contributed by atoms with Crippen LogP contribution in [0, 0.1) is 0 Å². The molecule has 0 aromatic heterocycles. The third-order valence-corrected chi connectivity index (χ3v) is 7.65. The van der Waals surface area contributed by atoms with Crippen molar-refractivity contribution in [2.75, 3.05) is 10.8 Å². The van der Waals surface area contributed by atoms with Gasteiger partial charge in [-0.05, 0) is 71.8 Å². The van der Waals surface area contributed by atoms with Crippen LogP contribution in [0.15, 0.2) is 113 Å². The van der Waals surface area contributed by atoms with Crippen molar-refractivity contribution in [2.24, 2.45) is 5.10 Å². The van der Waals surface area contributed by atoms with Crippen LogP contribution < -0.4 is 14.5 Å². The summed E-state index contributed by atoms with van der Waals surface area (Å²) < 4.78 is 33.4. The minimum Gasteiger partial charge on any atom is -0.489 e. The summed E-state index contributed by atoms with van der Waals surface area (Å²) in [6.45, 7) is -0.146. The number of para-hydroxylation sites is 1.